The third-order valence-corrected chi connectivity index (χ3v) is 2.95. The van der Waals surface area contributed by atoms with Crippen molar-refractivity contribution in [2.24, 2.45) is 5.92 Å². The van der Waals surface area contributed by atoms with E-state index in [-0.39, 0.29) is 11.5 Å². The van der Waals surface area contributed by atoms with Crippen LogP contribution in [0.3, 0.4) is 0 Å². The number of hydrogen-bond acceptors (Lipinski definition) is 2. The molecular formula is C13H15F2NO3. The standard InChI is InChI=1S/C13H15F2NO3/c1-3-7(2)11(13(18)19)16-12(17)8-4-5-9(14)10(15)6-8/h4-7,11H,3H2,1-2H3,(H,16,17)(H,18,19)/t7-,11+/m1/s1. The Morgan fingerprint density at radius 2 is 1.95 bits per heavy atom. The summed E-state index contributed by atoms with van der Waals surface area (Å²) in [6.07, 6.45) is 0.565. The van der Waals surface area contributed by atoms with Crippen molar-refractivity contribution in [3.8, 4) is 0 Å². The molecule has 1 rings (SSSR count). The molecule has 1 amide bonds. The lowest BCUT2D eigenvalue weighted by molar-refractivity contribution is -0.140. The van der Waals surface area contributed by atoms with Gasteiger partial charge in [0.25, 0.3) is 5.91 Å². The van der Waals surface area contributed by atoms with Crippen molar-refractivity contribution in [3.05, 3.63) is 35.4 Å². The first kappa shape index (κ1) is 15.1. The molecule has 1 aromatic carbocycles. The lowest BCUT2D eigenvalue weighted by Gasteiger charge is -2.20. The first-order valence-electron chi connectivity index (χ1n) is 5.85. The van der Waals surface area contributed by atoms with Gasteiger partial charge in [0.2, 0.25) is 0 Å². The monoisotopic (exact) mass is 271 g/mol. The van der Waals surface area contributed by atoms with Crippen molar-refractivity contribution in [1.82, 2.24) is 5.32 Å². The van der Waals surface area contributed by atoms with Crippen LogP contribution in [-0.2, 0) is 4.79 Å². The van der Waals surface area contributed by atoms with Crippen LogP contribution in [0.25, 0.3) is 0 Å². The largest absolute Gasteiger partial charge is 0.480 e. The molecule has 0 unspecified atom stereocenters. The van der Waals surface area contributed by atoms with Gasteiger partial charge in [0.15, 0.2) is 11.6 Å². The fraction of sp³-hybridized carbons (Fsp3) is 0.385. The summed E-state index contributed by atoms with van der Waals surface area (Å²) in [7, 11) is 0. The number of carboxylic acids is 1. The molecule has 0 aromatic heterocycles. The minimum absolute atomic E-state index is 0.117. The predicted molar refractivity (Wildman–Crippen MR) is 64.7 cm³/mol. The Labute approximate surface area is 109 Å². The smallest absolute Gasteiger partial charge is 0.326 e. The van der Waals surface area contributed by atoms with Gasteiger partial charge in [0.1, 0.15) is 6.04 Å². The summed E-state index contributed by atoms with van der Waals surface area (Å²) in [5.74, 6) is -4.39. The molecule has 0 saturated carbocycles. The van der Waals surface area contributed by atoms with Gasteiger partial charge < -0.3 is 10.4 Å². The summed E-state index contributed by atoms with van der Waals surface area (Å²) >= 11 is 0. The first-order valence-corrected chi connectivity index (χ1v) is 5.85. The van der Waals surface area contributed by atoms with Gasteiger partial charge in [-0.2, -0.15) is 0 Å². The molecule has 4 nitrogen and oxygen atoms in total. The van der Waals surface area contributed by atoms with Gasteiger partial charge >= 0.3 is 5.97 Å². The Morgan fingerprint density at radius 1 is 1.32 bits per heavy atom. The Kier molecular flexibility index (Phi) is 4.97. The van der Waals surface area contributed by atoms with E-state index in [4.69, 9.17) is 5.11 Å². The summed E-state index contributed by atoms with van der Waals surface area (Å²) in [4.78, 5) is 22.8. The number of halogens is 2. The number of aliphatic carboxylic acids is 1. The predicted octanol–water partition coefficient (Wildman–Crippen LogP) is 2.19. The van der Waals surface area contributed by atoms with E-state index in [0.717, 1.165) is 18.2 Å². The van der Waals surface area contributed by atoms with E-state index in [1.165, 1.54) is 0 Å². The summed E-state index contributed by atoms with van der Waals surface area (Å²) in [6, 6.07) is 1.60. The summed E-state index contributed by atoms with van der Waals surface area (Å²) in [5.41, 5.74) is -0.117. The number of carbonyl (C=O) groups excluding carboxylic acids is 1. The Hall–Kier alpha value is -1.98. The van der Waals surface area contributed by atoms with Crippen LogP contribution in [0, 0.1) is 17.6 Å². The average Bonchev–Trinajstić information content (AvgIpc) is 2.37. The van der Waals surface area contributed by atoms with Gasteiger partial charge in [-0.15, -0.1) is 0 Å². The average molecular weight is 271 g/mol. The number of amides is 1. The van der Waals surface area contributed by atoms with Crippen LogP contribution >= 0.6 is 0 Å². The van der Waals surface area contributed by atoms with Crippen molar-refractivity contribution in [3.63, 3.8) is 0 Å². The van der Waals surface area contributed by atoms with Crippen LogP contribution in [0.1, 0.15) is 30.6 Å². The maximum Gasteiger partial charge on any atom is 0.326 e. The number of rotatable bonds is 5. The second kappa shape index (κ2) is 6.26. The molecule has 0 fully saturated rings. The van der Waals surface area contributed by atoms with Gasteiger partial charge in [0.05, 0.1) is 0 Å². The first-order chi connectivity index (χ1) is 8.86. The van der Waals surface area contributed by atoms with Crippen LogP contribution in [0.2, 0.25) is 0 Å². The van der Waals surface area contributed by atoms with Crippen LogP contribution in [0.4, 0.5) is 8.78 Å². The molecule has 6 heteroatoms. The van der Waals surface area contributed by atoms with E-state index < -0.39 is 29.6 Å². The highest BCUT2D eigenvalue weighted by atomic mass is 19.2. The number of benzene rings is 1. The maximum atomic E-state index is 13.0. The molecule has 0 aliphatic heterocycles. The SMILES string of the molecule is CC[C@@H](C)[C@H](NC(=O)c1ccc(F)c(F)c1)C(=O)O. The van der Waals surface area contributed by atoms with Gasteiger partial charge in [-0.25, -0.2) is 13.6 Å². The number of carboxylic acid groups (broad SMARTS) is 1. The van der Waals surface area contributed by atoms with Crippen molar-refractivity contribution >= 4 is 11.9 Å². The highest BCUT2D eigenvalue weighted by Crippen LogP contribution is 2.11. The zero-order valence-corrected chi connectivity index (χ0v) is 10.6. The lowest BCUT2D eigenvalue weighted by Crippen LogP contribution is -2.45. The molecule has 0 aliphatic carbocycles. The highest BCUT2D eigenvalue weighted by Gasteiger charge is 2.25. The normalized spacial score (nSPS) is 13.7. The minimum Gasteiger partial charge on any atom is -0.480 e. The van der Waals surface area contributed by atoms with E-state index in [0.29, 0.717) is 6.42 Å². The highest BCUT2D eigenvalue weighted by molar-refractivity contribution is 5.96. The zero-order chi connectivity index (χ0) is 14.6. The Balaban J connectivity index is 2.87. The van der Waals surface area contributed by atoms with Crippen molar-refractivity contribution in [1.29, 1.82) is 0 Å². The summed E-state index contributed by atoms with van der Waals surface area (Å²) < 4.78 is 25.7. The van der Waals surface area contributed by atoms with Gasteiger partial charge in [0, 0.05) is 5.56 Å². The maximum absolute atomic E-state index is 13.0. The lowest BCUT2D eigenvalue weighted by atomic mass is 9.99. The van der Waals surface area contributed by atoms with E-state index >= 15 is 0 Å². The number of carbonyl (C=O) groups is 2. The fourth-order valence-corrected chi connectivity index (χ4v) is 1.55. The molecule has 0 heterocycles. The van der Waals surface area contributed by atoms with Crippen LogP contribution < -0.4 is 5.32 Å². The quantitative estimate of drug-likeness (QED) is 0.862. The molecular weight excluding hydrogens is 256 g/mol. The van der Waals surface area contributed by atoms with Crippen molar-refractivity contribution < 1.29 is 23.5 Å². The van der Waals surface area contributed by atoms with Crippen LogP contribution in [0.15, 0.2) is 18.2 Å². The Morgan fingerprint density at radius 3 is 2.42 bits per heavy atom. The molecule has 2 N–H and O–H groups in total. The second-order valence-electron chi connectivity index (χ2n) is 4.30. The molecule has 0 radical (unpaired) electrons. The molecule has 2 atom stereocenters. The molecule has 0 aliphatic rings. The summed E-state index contributed by atoms with van der Waals surface area (Å²) in [6.45, 7) is 3.48. The third-order valence-electron chi connectivity index (χ3n) is 2.95. The topological polar surface area (TPSA) is 66.4 Å². The number of nitrogens with one attached hydrogen (secondary N) is 1. The molecule has 104 valence electrons. The van der Waals surface area contributed by atoms with Gasteiger partial charge in [-0.3, -0.25) is 4.79 Å². The minimum atomic E-state index is -1.16. The molecule has 0 bridgehead atoms. The van der Waals surface area contributed by atoms with Crippen molar-refractivity contribution in [2.75, 3.05) is 0 Å². The van der Waals surface area contributed by atoms with E-state index in [2.05, 4.69) is 5.32 Å². The van der Waals surface area contributed by atoms with E-state index in [1.54, 1.807) is 13.8 Å². The van der Waals surface area contributed by atoms with Crippen LogP contribution in [0.5, 0.6) is 0 Å². The second-order valence-corrected chi connectivity index (χ2v) is 4.30. The van der Waals surface area contributed by atoms with Crippen molar-refractivity contribution in [2.45, 2.75) is 26.3 Å². The van der Waals surface area contributed by atoms with Gasteiger partial charge in [-0.1, -0.05) is 20.3 Å². The zero-order valence-electron chi connectivity index (χ0n) is 10.6. The molecule has 0 saturated heterocycles. The molecule has 1 aromatic rings. The molecule has 19 heavy (non-hydrogen) atoms. The Bertz CT molecular complexity index is 491. The third kappa shape index (κ3) is 3.74. The number of hydrogen-bond donors (Lipinski definition) is 2. The van der Waals surface area contributed by atoms with E-state index in [1.807, 2.05) is 0 Å². The van der Waals surface area contributed by atoms with Gasteiger partial charge in [-0.05, 0) is 24.1 Å². The molecule has 0 spiro atoms. The fourth-order valence-electron chi connectivity index (χ4n) is 1.55. The van der Waals surface area contributed by atoms with E-state index in [9.17, 15) is 18.4 Å². The van der Waals surface area contributed by atoms with Crippen LogP contribution in [-0.4, -0.2) is 23.0 Å². The summed E-state index contributed by atoms with van der Waals surface area (Å²) in [5, 5.41) is 11.3.